The Hall–Kier alpha value is -1.14. The number of rotatable bonds is 8. The van der Waals surface area contributed by atoms with Gasteiger partial charge in [0.1, 0.15) is 6.04 Å². The van der Waals surface area contributed by atoms with Crippen LogP contribution in [0.2, 0.25) is 0 Å². The first-order valence-corrected chi connectivity index (χ1v) is 7.87. The maximum absolute atomic E-state index is 12.1. The number of esters is 1. The third-order valence-electron chi connectivity index (χ3n) is 3.71. The van der Waals surface area contributed by atoms with Gasteiger partial charge in [-0.25, -0.2) is 0 Å². The van der Waals surface area contributed by atoms with Crippen LogP contribution in [0.3, 0.4) is 0 Å². The van der Waals surface area contributed by atoms with Crippen LogP contribution in [0.15, 0.2) is 0 Å². The van der Waals surface area contributed by atoms with Gasteiger partial charge in [0.15, 0.2) is 0 Å². The second kappa shape index (κ2) is 9.73. The molecule has 0 saturated carbocycles. The number of nitrogens with one attached hydrogen (secondary N) is 1. The first-order valence-electron chi connectivity index (χ1n) is 7.87. The van der Waals surface area contributed by atoms with Crippen molar-refractivity contribution in [3.8, 4) is 0 Å². The predicted molar refractivity (Wildman–Crippen MR) is 82.0 cm³/mol. The molecule has 1 atom stereocenters. The van der Waals surface area contributed by atoms with E-state index in [1.54, 1.807) is 19.0 Å². The number of nitrogens with zero attached hydrogens (tertiary/aromatic N) is 2. The van der Waals surface area contributed by atoms with Gasteiger partial charge in [-0.15, -0.1) is 0 Å². The first kappa shape index (κ1) is 17.9. The number of piperazine rings is 1. The molecule has 0 bridgehead atoms. The molecule has 0 radical (unpaired) electrons. The van der Waals surface area contributed by atoms with Crippen LogP contribution in [-0.4, -0.2) is 74.6 Å². The fourth-order valence-corrected chi connectivity index (χ4v) is 2.55. The van der Waals surface area contributed by atoms with Gasteiger partial charge in [-0.3, -0.25) is 14.5 Å². The number of carbonyl (C=O) groups is 2. The molecule has 6 heteroatoms. The van der Waals surface area contributed by atoms with Crippen molar-refractivity contribution in [3.63, 3.8) is 0 Å². The molecule has 1 unspecified atom stereocenters. The highest BCUT2D eigenvalue weighted by Gasteiger charge is 2.28. The Morgan fingerprint density at radius 1 is 1.29 bits per heavy atom. The van der Waals surface area contributed by atoms with E-state index in [-0.39, 0.29) is 17.9 Å². The van der Waals surface area contributed by atoms with Crippen LogP contribution in [0.5, 0.6) is 0 Å². The molecule has 21 heavy (non-hydrogen) atoms. The molecule has 1 aliphatic heterocycles. The van der Waals surface area contributed by atoms with Crippen molar-refractivity contribution < 1.29 is 14.3 Å². The van der Waals surface area contributed by atoms with Gasteiger partial charge in [0.05, 0.1) is 6.61 Å². The molecule has 0 aromatic carbocycles. The van der Waals surface area contributed by atoms with E-state index in [1.165, 1.54) is 0 Å². The lowest BCUT2D eigenvalue weighted by Gasteiger charge is -2.36. The molecule has 1 N–H and O–H groups in total. The Kier molecular flexibility index (Phi) is 8.30. The van der Waals surface area contributed by atoms with Gasteiger partial charge in [-0.2, -0.15) is 0 Å². The highest BCUT2D eigenvalue weighted by atomic mass is 16.5. The number of carbonyl (C=O) groups excluding carboxylic acids is 2. The lowest BCUT2D eigenvalue weighted by molar-refractivity contribution is -0.143. The Labute approximate surface area is 127 Å². The summed E-state index contributed by atoms with van der Waals surface area (Å²) in [4.78, 5) is 27.3. The number of likely N-dealkylation sites (N-methyl/N-ethyl adjacent to an activating group) is 1. The monoisotopic (exact) mass is 299 g/mol. The minimum absolute atomic E-state index is 0.0567. The van der Waals surface area contributed by atoms with E-state index in [0.29, 0.717) is 13.0 Å². The van der Waals surface area contributed by atoms with Gasteiger partial charge < -0.3 is 15.0 Å². The van der Waals surface area contributed by atoms with E-state index in [0.717, 1.165) is 45.4 Å². The quantitative estimate of drug-likeness (QED) is 0.521. The molecule has 1 amide bonds. The van der Waals surface area contributed by atoms with E-state index in [1.807, 2.05) is 6.92 Å². The molecule has 1 fully saturated rings. The molecule has 0 aromatic heterocycles. The van der Waals surface area contributed by atoms with Gasteiger partial charge in [0.25, 0.3) is 0 Å². The van der Waals surface area contributed by atoms with Crippen molar-refractivity contribution in [3.05, 3.63) is 0 Å². The number of ether oxygens (including phenoxy) is 1. The lowest BCUT2D eigenvalue weighted by atomic mass is 10.1. The van der Waals surface area contributed by atoms with Crippen molar-refractivity contribution in [2.24, 2.45) is 0 Å². The average molecular weight is 299 g/mol. The van der Waals surface area contributed by atoms with Crippen LogP contribution in [0.1, 0.15) is 32.6 Å². The smallest absolute Gasteiger partial charge is 0.305 e. The van der Waals surface area contributed by atoms with Gasteiger partial charge >= 0.3 is 5.97 Å². The molecule has 0 aliphatic carbocycles. The standard InChI is InChI=1S/C15H29N3O3/c1-4-21-14(19)8-6-5-7-10-18-11-9-16-12-13(18)15(20)17(2)3/h13,16H,4-12H2,1-3H3. The van der Waals surface area contributed by atoms with Crippen LogP contribution in [0.4, 0.5) is 0 Å². The van der Waals surface area contributed by atoms with Gasteiger partial charge in [0, 0.05) is 40.2 Å². The molecule has 1 rings (SSSR count). The summed E-state index contributed by atoms with van der Waals surface area (Å²) in [6.07, 6.45) is 3.36. The summed E-state index contributed by atoms with van der Waals surface area (Å²) in [5, 5.41) is 3.28. The second-order valence-corrected chi connectivity index (χ2v) is 5.60. The normalized spacial score (nSPS) is 19.3. The Balaban J connectivity index is 2.25. The predicted octanol–water partition coefficient (Wildman–Crippen LogP) is 0.472. The van der Waals surface area contributed by atoms with E-state index >= 15 is 0 Å². The van der Waals surface area contributed by atoms with E-state index in [2.05, 4.69) is 10.2 Å². The molecule has 1 heterocycles. The first-order chi connectivity index (χ1) is 10.1. The van der Waals surface area contributed by atoms with Crippen molar-refractivity contribution in [2.45, 2.75) is 38.6 Å². The average Bonchev–Trinajstić information content (AvgIpc) is 2.46. The molecular formula is C15H29N3O3. The molecule has 1 aliphatic rings. The molecule has 0 aromatic rings. The second-order valence-electron chi connectivity index (χ2n) is 5.60. The maximum atomic E-state index is 12.1. The minimum atomic E-state index is -0.111. The Morgan fingerprint density at radius 2 is 2.05 bits per heavy atom. The van der Waals surface area contributed by atoms with Crippen LogP contribution >= 0.6 is 0 Å². The number of hydrogen-bond acceptors (Lipinski definition) is 5. The molecular weight excluding hydrogens is 270 g/mol. The zero-order valence-corrected chi connectivity index (χ0v) is 13.6. The summed E-state index contributed by atoms with van der Waals surface area (Å²) in [6.45, 7) is 5.74. The maximum Gasteiger partial charge on any atom is 0.305 e. The van der Waals surface area contributed by atoms with Crippen LogP contribution in [0, 0.1) is 0 Å². The zero-order chi connectivity index (χ0) is 15.7. The van der Waals surface area contributed by atoms with Gasteiger partial charge in [-0.05, 0) is 26.3 Å². The summed E-state index contributed by atoms with van der Waals surface area (Å²) in [7, 11) is 3.60. The van der Waals surface area contributed by atoms with Crippen molar-refractivity contribution in [1.29, 1.82) is 0 Å². The Bertz CT molecular complexity index is 334. The van der Waals surface area contributed by atoms with E-state index in [4.69, 9.17) is 4.74 Å². The third-order valence-corrected chi connectivity index (χ3v) is 3.71. The molecule has 6 nitrogen and oxygen atoms in total. The molecule has 1 saturated heterocycles. The number of hydrogen-bond donors (Lipinski definition) is 1. The van der Waals surface area contributed by atoms with Gasteiger partial charge in [-0.1, -0.05) is 6.42 Å². The largest absolute Gasteiger partial charge is 0.466 e. The number of amides is 1. The Morgan fingerprint density at radius 3 is 2.71 bits per heavy atom. The summed E-state index contributed by atoms with van der Waals surface area (Å²) < 4.78 is 4.91. The van der Waals surface area contributed by atoms with E-state index in [9.17, 15) is 9.59 Å². The van der Waals surface area contributed by atoms with Crippen LogP contribution in [0.25, 0.3) is 0 Å². The summed E-state index contributed by atoms with van der Waals surface area (Å²) in [6, 6.07) is -0.0567. The number of unbranched alkanes of at least 4 members (excludes halogenated alkanes) is 2. The fourth-order valence-electron chi connectivity index (χ4n) is 2.55. The molecule has 122 valence electrons. The topological polar surface area (TPSA) is 61.9 Å². The minimum Gasteiger partial charge on any atom is -0.466 e. The summed E-state index contributed by atoms with van der Waals surface area (Å²) in [5.41, 5.74) is 0. The van der Waals surface area contributed by atoms with Crippen LogP contribution < -0.4 is 5.32 Å². The summed E-state index contributed by atoms with van der Waals surface area (Å²) >= 11 is 0. The third kappa shape index (κ3) is 6.44. The summed E-state index contributed by atoms with van der Waals surface area (Å²) in [5.74, 6) is 0.0501. The lowest BCUT2D eigenvalue weighted by Crippen LogP contribution is -2.57. The van der Waals surface area contributed by atoms with Crippen molar-refractivity contribution >= 4 is 11.9 Å². The molecule has 0 spiro atoms. The van der Waals surface area contributed by atoms with Gasteiger partial charge in [0.2, 0.25) is 5.91 Å². The highest BCUT2D eigenvalue weighted by molar-refractivity contribution is 5.81. The van der Waals surface area contributed by atoms with E-state index < -0.39 is 0 Å². The van der Waals surface area contributed by atoms with Crippen LogP contribution in [-0.2, 0) is 14.3 Å². The zero-order valence-electron chi connectivity index (χ0n) is 13.6. The van der Waals surface area contributed by atoms with Crippen molar-refractivity contribution in [2.75, 3.05) is 46.9 Å². The SMILES string of the molecule is CCOC(=O)CCCCCN1CCNCC1C(=O)N(C)C. The fraction of sp³-hybridized carbons (Fsp3) is 0.867. The van der Waals surface area contributed by atoms with Crippen molar-refractivity contribution in [1.82, 2.24) is 15.1 Å². The highest BCUT2D eigenvalue weighted by Crippen LogP contribution is 2.09.